The molecule has 0 aliphatic heterocycles. The van der Waals surface area contributed by atoms with Gasteiger partial charge in [-0.15, -0.1) is 12.4 Å². The molecule has 0 radical (unpaired) electrons. The van der Waals surface area contributed by atoms with Gasteiger partial charge in [0.2, 0.25) is 0 Å². The Morgan fingerprint density at radius 2 is 2.19 bits per heavy atom. The predicted molar refractivity (Wildman–Crippen MR) is 70.0 cm³/mol. The molecule has 0 saturated carbocycles. The number of hydrogen-bond donors (Lipinski definition) is 1. The summed E-state index contributed by atoms with van der Waals surface area (Å²) in [7, 11) is 3.70. The van der Waals surface area contributed by atoms with Gasteiger partial charge in [-0.1, -0.05) is 11.6 Å². The van der Waals surface area contributed by atoms with E-state index in [1.807, 2.05) is 19.2 Å². The number of methoxy groups -OCH3 is 1. The molecule has 0 aromatic heterocycles. The molecule has 0 amide bonds. The number of hydrogen-bond acceptors (Lipinski definition) is 2. The molecule has 0 unspecified atom stereocenters. The van der Waals surface area contributed by atoms with Crippen LogP contribution < -0.4 is 10.1 Å². The van der Waals surface area contributed by atoms with Crippen molar-refractivity contribution in [1.29, 1.82) is 0 Å². The lowest BCUT2D eigenvalue weighted by molar-refractivity contribution is 0.399. The summed E-state index contributed by atoms with van der Waals surface area (Å²) in [5.41, 5.74) is 2.50. The second-order valence-corrected chi connectivity index (χ2v) is 4.28. The van der Waals surface area contributed by atoms with Crippen LogP contribution in [0.25, 0.3) is 0 Å². The van der Waals surface area contributed by atoms with E-state index in [9.17, 15) is 0 Å². The van der Waals surface area contributed by atoms with Gasteiger partial charge in [0, 0.05) is 16.6 Å². The normalized spacial score (nSPS) is 18.6. The number of ether oxygens (including phenoxy) is 1. The second-order valence-electron chi connectivity index (χ2n) is 3.88. The third-order valence-corrected chi connectivity index (χ3v) is 3.43. The summed E-state index contributed by atoms with van der Waals surface area (Å²) in [6, 6.07) is 4.25. The van der Waals surface area contributed by atoms with Crippen molar-refractivity contribution in [3.8, 4) is 5.75 Å². The van der Waals surface area contributed by atoms with E-state index in [4.69, 9.17) is 16.3 Å². The lowest BCUT2D eigenvalue weighted by Gasteiger charge is -2.27. The van der Waals surface area contributed by atoms with E-state index in [0.29, 0.717) is 6.04 Å². The molecule has 1 N–H and O–H groups in total. The van der Waals surface area contributed by atoms with E-state index in [2.05, 4.69) is 5.32 Å². The van der Waals surface area contributed by atoms with Crippen molar-refractivity contribution in [3.63, 3.8) is 0 Å². The zero-order valence-corrected chi connectivity index (χ0v) is 11.1. The van der Waals surface area contributed by atoms with E-state index in [1.165, 1.54) is 17.5 Å². The van der Waals surface area contributed by atoms with Crippen LogP contribution in [0.3, 0.4) is 0 Å². The number of rotatable bonds is 2. The Balaban J connectivity index is 0.00000128. The van der Waals surface area contributed by atoms with E-state index < -0.39 is 0 Å². The highest BCUT2D eigenvalue weighted by molar-refractivity contribution is 6.31. The predicted octanol–water partition coefficient (Wildman–Crippen LogP) is 3.37. The van der Waals surface area contributed by atoms with Gasteiger partial charge in [0.25, 0.3) is 0 Å². The summed E-state index contributed by atoms with van der Waals surface area (Å²) in [5.74, 6) is 0.967. The molecular weight excluding hydrogens is 245 g/mol. The van der Waals surface area contributed by atoms with Crippen molar-refractivity contribution < 1.29 is 4.74 Å². The van der Waals surface area contributed by atoms with E-state index in [0.717, 1.165) is 23.6 Å². The smallest absolute Gasteiger partial charge is 0.122 e. The molecule has 2 rings (SSSR count). The van der Waals surface area contributed by atoms with Gasteiger partial charge in [-0.3, -0.25) is 0 Å². The Bertz CT molecular complexity index is 368. The van der Waals surface area contributed by atoms with Crippen molar-refractivity contribution in [2.75, 3.05) is 14.2 Å². The molecule has 0 saturated heterocycles. The average Bonchev–Trinajstić information content (AvgIpc) is 2.29. The largest absolute Gasteiger partial charge is 0.496 e. The fraction of sp³-hybridized carbons (Fsp3) is 0.500. The van der Waals surface area contributed by atoms with Gasteiger partial charge in [0.05, 0.1) is 7.11 Å². The first-order chi connectivity index (χ1) is 7.27. The third kappa shape index (κ3) is 2.29. The molecule has 1 aromatic rings. The van der Waals surface area contributed by atoms with Crippen LogP contribution in [-0.2, 0) is 6.42 Å². The molecule has 16 heavy (non-hydrogen) atoms. The zero-order valence-electron chi connectivity index (χ0n) is 9.55. The summed E-state index contributed by atoms with van der Waals surface area (Å²) in [6.07, 6.45) is 3.41. The third-order valence-electron chi connectivity index (χ3n) is 3.10. The minimum absolute atomic E-state index is 0. The van der Waals surface area contributed by atoms with Crippen molar-refractivity contribution in [1.82, 2.24) is 5.32 Å². The Labute approximate surface area is 108 Å². The number of benzene rings is 1. The first-order valence-corrected chi connectivity index (χ1v) is 5.68. The van der Waals surface area contributed by atoms with Gasteiger partial charge >= 0.3 is 0 Å². The van der Waals surface area contributed by atoms with Crippen LogP contribution in [0.2, 0.25) is 5.02 Å². The summed E-state index contributed by atoms with van der Waals surface area (Å²) < 4.78 is 5.37. The SMILES string of the molecule is CN[C@H]1CCCc2c(OC)ccc(Cl)c21.Cl. The molecule has 0 spiro atoms. The topological polar surface area (TPSA) is 21.3 Å². The molecule has 1 aromatic carbocycles. The van der Waals surface area contributed by atoms with Gasteiger partial charge in [-0.25, -0.2) is 0 Å². The highest BCUT2D eigenvalue weighted by atomic mass is 35.5. The van der Waals surface area contributed by atoms with Crippen LogP contribution >= 0.6 is 24.0 Å². The minimum atomic E-state index is 0. The van der Waals surface area contributed by atoms with Gasteiger partial charge < -0.3 is 10.1 Å². The van der Waals surface area contributed by atoms with Crippen molar-refractivity contribution >= 4 is 24.0 Å². The number of halogens is 2. The van der Waals surface area contributed by atoms with E-state index >= 15 is 0 Å². The van der Waals surface area contributed by atoms with Gasteiger partial charge in [0.1, 0.15) is 5.75 Å². The molecule has 1 atom stereocenters. The Hall–Kier alpha value is -0.440. The first-order valence-electron chi connectivity index (χ1n) is 5.30. The van der Waals surface area contributed by atoms with Crippen LogP contribution in [0.5, 0.6) is 5.75 Å². The van der Waals surface area contributed by atoms with Crippen LogP contribution in [-0.4, -0.2) is 14.2 Å². The monoisotopic (exact) mass is 261 g/mol. The lowest BCUT2D eigenvalue weighted by Crippen LogP contribution is -2.22. The van der Waals surface area contributed by atoms with Crippen molar-refractivity contribution in [3.05, 3.63) is 28.3 Å². The summed E-state index contributed by atoms with van der Waals surface area (Å²) >= 11 is 6.25. The molecule has 0 heterocycles. The molecule has 90 valence electrons. The molecule has 2 nitrogen and oxygen atoms in total. The van der Waals surface area contributed by atoms with Crippen molar-refractivity contribution in [2.45, 2.75) is 25.3 Å². The lowest BCUT2D eigenvalue weighted by atomic mass is 9.87. The van der Waals surface area contributed by atoms with Gasteiger partial charge in [0.15, 0.2) is 0 Å². The summed E-state index contributed by atoms with van der Waals surface area (Å²) in [5, 5.41) is 4.16. The summed E-state index contributed by atoms with van der Waals surface area (Å²) in [6.45, 7) is 0. The maximum atomic E-state index is 6.25. The fourth-order valence-electron chi connectivity index (χ4n) is 2.36. The minimum Gasteiger partial charge on any atom is -0.496 e. The summed E-state index contributed by atoms with van der Waals surface area (Å²) in [4.78, 5) is 0. The maximum Gasteiger partial charge on any atom is 0.122 e. The number of nitrogens with one attached hydrogen (secondary N) is 1. The molecule has 4 heteroatoms. The Morgan fingerprint density at radius 1 is 1.44 bits per heavy atom. The highest BCUT2D eigenvalue weighted by Crippen LogP contribution is 2.39. The van der Waals surface area contributed by atoms with Gasteiger partial charge in [-0.2, -0.15) is 0 Å². The van der Waals surface area contributed by atoms with Crippen LogP contribution in [0.15, 0.2) is 12.1 Å². The number of fused-ring (bicyclic) bond motifs is 1. The first kappa shape index (κ1) is 13.6. The maximum absolute atomic E-state index is 6.25. The quantitative estimate of drug-likeness (QED) is 0.882. The average molecular weight is 262 g/mol. The van der Waals surface area contributed by atoms with E-state index in [1.54, 1.807) is 7.11 Å². The van der Waals surface area contributed by atoms with Crippen molar-refractivity contribution in [2.24, 2.45) is 0 Å². The standard InChI is InChI=1S/C12H16ClNO.ClH/c1-14-10-5-3-4-8-11(15-2)7-6-9(13)12(8)10;/h6-7,10,14H,3-5H2,1-2H3;1H/t10-;/m0./s1. The molecule has 0 fully saturated rings. The molecule has 1 aliphatic rings. The van der Waals surface area contributed by atoms with Crippen LogP contribution in [0.4, 0.5) is 0 Å². The molecule has 0 bridgehead atoms. The van der Waals surface area contributed by atoms with Crippen LogP contribution in [0.1, 0.15) is 30.0 Å². The molecular formula is C12H17Cl2NO. The van der Waals surface area contributed by atoms with Crippen LogP contribution in [0, 0.1) is 0 Å². The Morgan fingerprint density at radius 3 is 2.81 bits per heavy atom. The Kier molecular flexibility index (Phi) is 4.90. The van der Waals surface area contributed by atoms with Gasteiger partial charge in [-0.05, 0) is 44.0 Å². The van der Waals surface area contributed by atoms with E-state index in [-0.39, 0.29) is 12.4 Å². The highest BCUT2D eigenvalue weighted by Gasteiger charge is 2.24. The fourth-order valence-corrected chi connectivity index (χ4v) is 2.67. The zero-order chi connectivity index (χ0) is 10.8. The molecule has 1 aliphatic carbocycles. The second kappa shape index (κ2) is 5.76.